The van der Waals surface area contributed by atoms with Crippen molar-refractivity contribution in [3.05, 3.63) is 40.3 Å². The lowest BCUT2D eigenvalue weighted by atomic mass is 10.0. The van der Waals surface area contributed by atoms with Crippen molar-refractivity contribution >= 4 is 17.2 Å². The van der Waals surface area contributed by atoms with Gasteiger partial charge in [0.05, 0.1) is 24.8 Å². The third-order valence-corrected chi connectivity index (χ3v) is 4.70. The molecule has 2 aromatic heterocycles. The molecular formula is C15H19N3O2S. The third kappa shape index (κ3) is 3.16. The highest BCUT2D eigenvalue weighted by molar-refractivity contribution is 7.07. The maximum atomic E-state index is 12.5. The standard InChI is InChI=1S/C15H19N3O2S/c1-17-9-12(8-16-17)6-13-14(19)2-4-18(13)15(20)7-11-3-5-21-10-11/h3,5,8-10,13-14,19H,2,4,6-7H2,1H3/t13-,14-/m1/s1. The molecule has 2 atom stereocenters. The van der Waals surface area contributed by atoms with Crippen LogP contribution in [0.25, 0.3) is 0 Å². The van der Waals surface area contributed by atoms with Gasteiger partial charge in [0.2, 0.25) is 5.91 Å². The molecule has 3 heterocycles. The summed E-state index contributed by atoms with van der Waals surface area (Å²) in [5.74, 6) is 0.0961. The van der Waals surface area contributed by atoms with Crippen LogP contribution in [0.1, 0.15) is 17.5 Å². The summed E-state index contributed by atoms with van der Waals surface area (Å²) in [6, 6.07) is 1.84. The van der Waals surface area contributed by atoms with E-state index in [-0.39, 0.29) is 11.9 Å². The number of amides is 1. The summed E-state index contributed by atoms with van der Waals surface area (Å²) in [6.45, 7) is 0.634. The van der Waals surface area contributed by atoms with Crippen LogP contribution in [0.3, 0.4) is 0 Å². The van der Waals surface area contributed by atoms with Crippen LogP contribution in [0.2, 0.25) is 0 Å². The van der Waals surface area contributed by atoms with Crippen LogP contribution >= 0.6 is 11.3 Å². The fourth-order valence-corrected chi connectivity index (χ4v) is 3.55. The number of carbonyl (C=O) groups is 1. The number of rotatable bonds is 4. The summed E-state index contributed by atoms with van der Waals surface area (Å²) >= 11 is 1.60. The molecule has 0 bridgehead atoms. The Hall–Kier alpha value is -1.66. The lowest BCUT2D eigenvalue weighted by molar-refractivity contribution is -0.132. The summed E-state index contributed by atoms with van der Waals surface area (Å²) in [6.07, 6.45) is 5.01. The van der Waals surface area contributed by atoms with Crippen LogP contribution in [0.15, 0.2) is 29.2 Å². The number of hydrogen-bond acceptors (Lipinski definition) is 4. The molecule has 1 N–H and O–H groups in total. The highest BCUT2D eigenvalue weighted by Gasteiger charge is 2.35. The largest absolute Gasteiger partial charge is 0.391 e. The minimum Gasteiger partial charge on any atom is -0.391 e. The van der Waals surface area contributed by atoms with E-state index in [2.05, 4.69) is 5.10 Å². The normalized spacial score (nSPS) is 21.9. The zero-order valence-electron chi connectivity index (χ0n) is 12.0. The highest BCUT2D eigenvalue weighted by Crippen LogP contribution is 2.23. The van der Waals surface area contributed by atoms with Gasteiger partial charge < -0.3 is 10.0 Å². The van der Waals surface area contributed by atoms with Crippen molar-refractivity contribution in [1.29, 1.82) is 0 Å². The Morgan fingerprint density at radius 2 is 2.38 bits per heavy atom. The van der Waals surface area contributed by atoms with Crippen molar-refractivity contribution in [1.82, 2.24) is 14.7 Å². The first-order valence-corrected chi connectivity index (χ1v) is 8.04. The Morgan fingerprint density at radius 3 is 3.05 bits per heavy atom. The molecule has 21 heavy (non-hydrogen) atoms. The number of nitrogens with zero attached hydrogens (tertiary/aromatic N) is 3. The molecule has 1 aliphatic rings. The van der Waals surface area contributed by atoms with Gasteiger partial charge in [0, 0.05) is 19.8 Å². The molecule has 0 aromatic carbocycles. The Labute approximate surface area is 127 Å². The maximum Gasteiger partial charge on any atom is 0.227 e. The van der Waals surface area contributed by atoms with Crippen LogP contribution in [-0.4, -0.2) is 44.4 Å². The predicted molar refractivity (Wildman–Crippen MR) is 81.1 cm³/mol. The van der Waals surface area contributed by atoms with E-state index in [1.807, 2.05) is 35.0 Å². The smallest absolute Gasteiger partial charge is 0.227 e. The van der Waals surface area contributed by atoms with Gasteiger partial charge in [0.25, 0.3) is 0 Å². The molecule has 0 spiro atoms. The van der Waals surface area contributed by atoms with Crippen LogP contribution in [0.5, 0.6) is 0 Å². The molecule has 1 fully saturated rings. The first-order chi connectivity index (χ1) is 10.1. The fourth-order valence-electron chi connectivity index (χ4n) is 2.88. The summed E-state index contributed by atoms with van der Waals surface area (Å²) in [5.41, 5.74) is 2.10. The number of likely N-dealkylation sites (tertiary alicyclic amines) is 1. The third-order valence-electron chi connectivity index (χ3n) is 3.97. The van der Waals surface area contributed by atoms with Crippen LogP contribution in [-0.2, 0) is 24.7 Å². The van der Waals surface area contributed by atoms with Crippen molar-refractivity contribution in [2.75, 3.05) is 6.54 Å². The van der Waals surface area contributed by atoms with Gasteiger partial charge in [0.1, 0.15) is 0 Å². The number of aryl methyl sites for hydroxylation is 1. The first-order valence-electron chi connectivity index (χ1n) is 7.09. The van der Waals surface area contributed by atoms with Crippen molar-refractivity contribution in [3.8, 4) is 0 Å². The average molecular weight is 305 g/mol. The van der Waals surface area contributed by atoms with Gasteiger partial charge in [0.15, 0.2) is 0 Å². The zero-order chi connectivity index (χ0) is 14.8. The molecule has 1 saturated heterocycles. The molecule has 5 nitrogen and oxygen atoms in total. The van der Waals surface area contributed by atoms with Gasteiger partial charge >= 0.3 is 0 Å². The summed E-state index contributed by atoms with van der Waals surface area (Å²) in [5, 5.41) is 18.3. The molecule has 6 heteroatoms. The SMILES string of the molecule is Cn1cc(C[C@@H]2[C@H](O)CCN2C(=O)Cc2ccsc2)cn1. The summed E-state index contributed by atoms with van der Waals surface area (Å²) in [4.78, 5) is 14.3. The minimum absolute atomic E-state index is 0.0961. The van der Waals surface area contributed by atoms with Crippen LogP contribution in [0, 0.1) is 0 Å². The van der Waals surface area contributed by atoms with Gasteiger partial charge in [-0.25, -0.2) is 0 Å². The number of aliphatic hydroxyl groups excluding tert-OH is 1. The highest BCUT2D eigenvalue weighted by atomic mass is 32.1. The molecule has 0 radical (unpaired) electrons. The van der Waals surface area contributed by atoms with E-state index in [1.54, 1.807) is 22.2 Å². The lowest BCUT2D eigenvalue weighted by Gasteiger charge is -2.26. The molecule has 112 valence electrons. The maximum absolute atomic E-state index is 12.5. The molecule has 3 rings (SSSR count). The van der Waals surface area contributed by atoms with Crippen molar-refractivity contribution in [3.63, 3.8) is 0 Å². The first kappa shape index (κ1) is 14.3. The molecule has 0 saturated carbocycles. The number of aliphatic hydroxyl groups is 1. The second-order valence-corrected chi connectivity index (χ2v) is 6.33. The Balaban J connectivity index is 1.69. The van der Waals surface area contributed by atoms with E-state index in [1.165, 1.54) is 0 Å². The van der Waals surface area contributed by atoms with Gasteiger partial charge in [-0.1, -0.05) is 0 Å². The number of aromatic nitrogens is 2. The van der Waals surface area contributed by atoms with Crippen LogP contribution < -0.4 is 0 Å². The second-order valence-electron chi connectivity index (χ2n) is 5.55. The van der Waals surface area contributed by atoms with E-state index < -0.39 is 6.10 Å². The van der Waals surface area contributed by atoms with E-state index >= 15 is 0 Å². The molecule has 2 aromatic rings. The van der Waals surface area contributed by atoms with Gasteiger partial charge in [-0.15, -0.1) is 0 Å². The van der Waals surface area contributed by atoms with Gasteiger partial charge in [-0.3, -0.25) is 9.48 Å². The quantitative estimate of drug-likeness (QED) is 0.924. The molecule has 1 aliphatic heterocycles. The van der Waals surface area contributed by atoms with Gasteiger partial charge in [-0.2, -0.15) is 16.4 Å². The average Bonchev–Trinajstić information content (AvgIpc) is 3.15. The molecule has 1 amide bonds. The second kappa shape index (κ2) is 5.99. The van der Waals surface area contributed by atoms with E-state index in [0.717, 1.165) is 11.1 Å². The van der Waals surface area contributed by atoms with Gasteiger partial charge in [-0.05, 0) is 40.8 Å². The van der Waals surface area contributed by atoms with E-state index in [0.29, 0.717) is 25.8 Å². The molecule has 0 unspecified atom stereocenters. The van der Waals surface area contributed by atoms with Crippen molar-refractivity contribution in [2.24, 2.45) is 7.05 Å². The fraction of sp³-hybridized carbons (Fsp3) is 0.467. The Morgan fingerprint density at radius 1 is 1.52 bits per heavy atom. The van der Waals surface area contributed by atoms with Crippen molar-refractivity contribution in [2.45, 2.75) is 31.4 Å². The number of thiophene rings is 1. The number of hydrogen-bond donors (Lipinski definition) is 1. The zero-order valence-corrected chi connectivity index (χ0v) is 12.8. The topological polar surface area (TPSA) is 58.4 Å². The lowest BCUT2D eigenvalue weighted by Crippen LogP contribution is -2.41. The Kier molecular flexibility index (Phi) is 4.07. The van der Waals surface area contributed by atoms with Crippen LogP contribution in [0.4, 0.5) is 0 Å². The monoisotopic (exact) mass is 305 g/mol. The van der Waals surface area contributed by atoms with Crippen molar-refractivity contribution < 1.29 is 9.90 Å². The van der Waals surface area contributed by atoms with E-state index in [9.17, 15) is 9.90 Å². The van der Waals surface area contributed by atoms with E-state index in [4.69, 9.17) is 0 Å². The Bertz CT molecular complexity index is 608. The summed E-state index contributed by atoms with van der Waals surface area (Å²) < 4.78 is 1.74. The minimum atomic E-state index is -0.448. The molecule has 0 aliphatic carbocycles. The molecular weight excluding hydrogens is 286 g/mol. The summed E-state index contributed by atoms with van der Waals surface area (Å²) in [7, 11) is 1.87. The predicted octanol–water partition coefficient (Wildman–Crippen LogP) is 1.23. The number of carbonyl (C=O) groups excluding carboxylic acids is 1.